The van der Waals surface area contributed by atoms with E-state index in [1.807, 2.05) is 0 Å². The first kappa shape index (κ1) is 28.5. The molecule has 5 rings (SSSR count). The van der Waals surface area contributed by atoms with Crippen LogP contribution >= 0.6 is 0 Å². The van der Waals surface area contributed by atoms with E-state index in [-0.39, 0.29) is 35.0 Å². The second-order valence-corrected chi connectivity index (χ2v) is 11.2. The van der Waals surface area contributed by atoms with Crippen LogP contribution in [0.5, 0.6) is 5.75 Å². The standard InChI is InChI=1S/C31H32F2N4O4/c1-16-12-19-13-20(14-23(41-5)26(19)37-36-16)29(38)34-15-31(40,21-8-9-21)28-17(2)24(30(3,4)39)25(33)27(35-28)18-6-10-22(32)11-7-18/h6-7,10-14,21,39-40H,8-9,15H2,1-5H3,(H,34,38)/t31-/m1/s1. The molecule has 0 unspecified atom stereocenters. The van der Waals surface area contributed by atoms with Crippen molar-refractivity contribution in [3.05, 3.63) is 82.2 Å². The summed E-state index contributed by atoms with van der Waals surface area (Å²) in [6, 6.07) is 10.2. The van der Waals surface area contributed by atoms with Crippen molar-refractivity contribution < 1.29 is 28.5 Å². The number of hydrogen-bond donors (Lipinski definition) is 3. The van der Waals surface area contributed by atoms with Crippen LogP contribution in [0.4, 0.5) is 8.78 Å². The van der Waals surface area contributed by atoms with Crippen molar-refractivity contribution >= 4 is 16.8 Å². The highest BCUT2D eigenvalue weighted by Crippen LogP contribution is 2.48. The molecule has 8 nitrogen and oxygen atoms in total. The zero-order valence-corrected chi connectivity index (χ0v) is 23.5. The number of pyridine rings is 1. The van der Waals surface area contributed by atoms with Crippen LogP contribution in [-0.2, 0) is 11.2 Å². The van der Waals surface area contributed by atoms with Crippen LogP contribution in [-0.4, -0.2) is 45.0 Å². The first-order chi connectivity index (χ1) is 19.3. The molecule has 0 radical (unpaired) electrons. The molecule has 0 spiro atoms. The highest BCUT2D eigenvalue weighted by Gasteiger charge is 2.48. The van der Waals surface area contributed by atoms with Crippen molar-refractivity contribution in [3.8, 4) is 17.0 Å². The van der Waals surface area contributed by atoms with Gasteiger partial charge in [0, 0.05) is 22.1 Å². The molecule has 0 bridgehead atoms. The minimum Gasteiger partial charge on any atom is -0.494 e. The lowest BCUT2D eigenvalue weighted by Crippen LogP contribution is -2.44. The number of rotatable bonds is 8. The fraction of sp³-hybridized carbons (Fsp3) is 0.355. The highest BCUT2D eigenvalue weighted by molar-refractivity contribution is 5.99. The molecule has 1 saturated carbocycles. The quantitative estimate of drug-likeness (QED) is 0.281. The second kappa shape index (κ2) is 10.4. The lowest BCUT2D eigenvalue weighted by molar-refractivity contribution is 0.00788. The Hall–Kier alpha value is -4.02. The third-order valence-corrected chi connectivity index (χ3v) is 7.55. The van der Waals surface area contributed by atoms with E-state index in [1.54, 1.807) is 32.0 Å². The minimum absolute atomic E-state index is 0.0250. The molecule has 1 amide bonds. The summed E-state index contributed by atoms with van der Waals surface area (Å²) in [7, 11) is 1.48. The van der Waals surface area contributed by atoms with Gasteiger partial charge >= 0.3 is 0 Å². The van der Waals surface area contributed by atoms with Crippen molar-refractivity contribution in [1.82, 2.24) is 20.5 Å². The number of methoxy groups -OCH3 is 1. The molecule has 41 heavy (non-hydrogen) atoms. The number of ether oxygens (including phenoxy) is 1. The minimum atomic E-state index is -1.66. The lowest BCUT2D eigenvalue weighted by Gasteiger charge is -2.33. The van der Waals surface area contributed by atoms with Gasteiger partial charge in [0.15, 0.2) is 5.82 Å². The third kappa shape index (κ3) is 5.37. The van der Waals surface area contributed by atoms with Gasteiger partial charge in [-0.25, -0.2) is 13.8 Å². The topological polar surface area (TPSA) is 117 Å². The Balaban J connectivity index is 1.56. The van der Waals surface area contributed by atoms with Gasteiger partial charge in [-0.2, -0.15) is 5.10 Å². The molecule has 2 aromatic heterocycles. The molecule has 3 N–H and O–H groups in total. The molecule has 10 heteroatoms. The van der Waals surface area contributed by atoms with Crippen LogP contribution in [0.25, 0.3) is 22.2 Å². The number of carbonyl (C=O) groups excluding carboxylic acids is 1. The van der Waals surface area contributed by atoms with Gasteiger partial charge in [0.05, 0.1) is 30.6 Å². The highest BCUT2D eigenvalue weighted by atomic mass is 19.1. The van der Waals surface area contributed by atoms with Crippen LogP contribution in [0.1, 0.15) is 59.6 Å². The van der Waals surface area contributed by atoms with Crippen molar-refractivity contribution in [1.29, 1.82) is 0 Å². The van der Waals surface area contributed by atoms with Crippen LogP contribution in [0, 0.1) is 31.4 Å². The molecule has 1 aliphatic rings. The van der Waals surface area contributed by atoms with Gasteiger partial charge in [-0.1, -0.05) is 0 Å². The van der Waals surface area contributed by atoms with Gasteiger partial charge in [0.1, 0.15) is 28.4 Å². The predicted octanol–water partition coefficient (Wildman–Crippen LogP) is 4.85. The normalized spacial score (nSPS) is 15.0. The SMILES string of the molecule is COc1cc(C(=O)NC[C@](O)(c2nc(-c3ccc(F)cc3)c(F)c(C(C)(C)O)c2C)C2CC2)cc2cc(C)nnc12. The van der Waals surface area contributed by atoms with Crippen LogP contribution in [0.15, 0.2) is 42.5 Å². The molecule has 2 heterocycles. The van der Waals surface area contributed by atoms with E-state index in [2.05, 4.69) is 20.5 Å². The second-order valence-electron chi connectivity index (χ2n) is 11.2. The van der Waals surface area contributed by atoms with Gasteiger partial charge in [0.2, 0.25) is 0 Å². The van der Waals surface area contributed by atoms with Crippen LogP contribution in [0.2, 0.25) is 0 Å². The van der Waals surface area contributed by atoms with Gasteiger partial charge < -0.3 is 20.3 Å². The van der Waals surface area contributed by atoms with E-state index in [9.17, 15) is 19.4 Å². The molecular formula is C31H32F2N4O4. The summed E-state index contributed by atoms with van der Waals surface area (Å²) < 4.78 is 34.9. The summed E-state index contributed by atoms with van der Waals surface area (Å²) in [5.41, 5.74) is -1.20. The smallest absolute Gasteiger partial charge is 0.251 e. The fourth-order valence-electron chi connectivity index (χ4n) is 5.41. The number of fused-ring (bicyclic) bond motifs is 1. The molecule has 1 aliphatic carbocycles. The average Bonchev–Trinajstić information content (AvgIpc) is 3.77. The number of amides is 1. The number of benzene rings is 2. The summed E-state index contributed by atoms with van der Waals surface area (Å²) >= 11 is 0. The Morgan fingerprint density at radius 3 is 2.37 bits per heavy atom. The molecule has 0 aliphatic heterocycles. The fourth-order valence-corrected chi connectivity index (χ4v) is 5.41. The molecule has 2 aromatic carbocycles. The van der Waals surface area contributed by atoms with E-state index in [0.717, 1.165) is 0 Å². The van der Waals surface area contributed by atoms with Crippen LogP contribution < -0.4 is 10.1 Å². The number of aryl methyl sites for hydroxylation is 1. The van der Waals surface area contributed by atoms with Crippen molar-refractivity contribution in [2.45, 2.75) is 51.7 Å². The Morgan fingerprint density at radius 1 is 1.07 bits per heavy atom. The number of nitrogens with one attached hydrogen (secondary N) is 1. The van der Waals surface area contributed by atoms with E-state index in [0.29, 0.717) is 46.3 Å². The lowest BCUT2D eigenvalue weighted by atomic mass is 9.83. The Kier molecular flexibility index (Phi) is 7.25. The first-order valence-electron chi connectivity index (χ1n) is 13.4. The number of carbonyl (C=O) groups is 1. The van der Waals surface area contributed by atoms with Crippen molar-refractivity contribution in [3.63, 3.8) is 0 Å². The maximum absolute atomic E-state index is 15.9. The number of hydrogen-bond acceptors (Lipinski definition) is 7. The molecule has 1 fully saturated rings. The Bertz CT molecular complexity index is 1650. The van der Waals surface area contributed by atoms with Crippen molar-refractivity contribution in [2.24, 2.45) is 5.92 Å². The van der Waals surface area contributed by atoms with Gasteiger partial charge in [0.25, 0.3) is 5.91 Å². The number of aromatic nitrogens is 3. The molecule has 4 aromatic rings. The zero-order chi connectivity index (χ0) is 29.7. The Morgan fingerprint density at radius 2 is 1.76 bits per heavy atom. The van der Waals surface area contributed by atoms with E-state index in [4.69, 9.17) is 4.74 Å². The molecule has 214 valence electrons. The maximum Gasteiger partial charge on any atom is 0.251 e. The monoisotopic (exact) mass is 562 g/mol. The number of aliphatic hydroxyl groups is 2. The van der Waals surface area contributed by atoms with Gasteiger partial charge in [-0.15, -0.1) is 5.10 Å². The summed E-state index contributed by atoms with van der Waals surface area (Å²) in [5, 5.41) is 34.8. The summed E-state index contributed by atoms with van der Waals surface area (Å²) in [4.78, 5) is 17.9. The zero-order valence-electron chi connectivity index (χ0n) is 23.5. The van der Waals surface area contributed by atoms with Gasteiger partial charge in [-0.05, 0) is 94.5 Å². The summed E-state index contributed by atoms with van der Waals surface area (Å²) in [5.74, 6) is -1.57. The molecular weight excluding hydrogens is 530 g/mol. The van der Waals surface area contributed by atoms with Gasteiger partial charge in [-0.3, -0.25) is 4.79 Å². The average molecular weight is 563 g/mol. The maximum atomic E-state index is 15.9. The van der Waals surface area contributed by atoms with Crippen LogP contribution in [0.3, 0.4) is 0 Å². The first-order valence-corrected chi connectivity index (χ1v) is 13.4. The van der Waals surface area contributed by atoms with E-state index in [1.165, 1.54) is 45.2 Å². The number of halogens is 2. The molecule has 1 atom stereocenters. The van der Waals surface area contributed by atoms with E-state index >= 15 is 4.39 Å². The third-order valence-electron chi connectivity index (χ3n) is 7.55. The molecule has 0 saturated heterocycles. The largest absolute Gasteiger partial charge is 0.494 e. The van der Waals surface area contributed by atoms with Crippen molar-refractivity contribution in [2.75, 3.05) is 13.7 Å². The Labute approximate surface area is 236 Å². The predicted molar refractivity (Wildman–Crippen MR) is 149 cm³/mol. The summed E-state index contributed by atoms with van der Waals surface area (Å²) in [6.07, 6.45) is 1.35. The number of nitrogens with zero attached hydrogens (tertiary/aromatic N) is 3. The summed E-state index contributed by atoms with van der Waals surface area (Å²) in [6.45, 7) is 6.08. The van der Waals surface area contributed by atoms with E-state index < -0.39 is 28.7 Å².